The predicted octanol–water partition coefficient (Wildman–Crippen LogP) is 3.59. The molecule has 4 rings (SSSR count). The van der Waals surface area contributed by atoms with Crippen molar-refractivity contribution in [3.05, 3.63) is 48.3 Å². The molecule has 4 aromatic rings. The molecule has 2 aromatic carbocycles. The number of para-hydroxylation sites is 1. The minimum absolute atomic E-state index is 0.511. The molecule has 2 heterocycles. The molecule has 0 atom stereocenters. The third-order valence-electron chi connectivity index (χ3n) is 4.79. The van der Waals surface area contributed by atoms with Gasteiger partial charge in [0.1, 0.15) is 17.4 Å². The molecule has 0 aliphatic heterocycles. The number of aromatic nitrogens is 3. The monoisotopic (exact) mass is 391 g/mol. The van der Waals surface area contributed by atoms with E-state index >= 15 is 0 Å². The van der Waals surface area contributed by atoms with Crippen LogP contribution >= 0.6 is 0 Å². The van der Waals surface area contributed by atoms with Gasteiger partial charge in [0.15, 0.2) is 17.3 Å². The van der Waals surface area contributed by atoms with Crippen molar-refractivity contribution in [3.63, 3.8) is 0 Å². The molecule has 0 spiro atoms. The first-order valence-electron chi connectivity index (χ1n) is 8.95. The molecular weight excluding hydrogens is 370 g/mol. The molecule has 0 amide bonds. The summed E-state index contributed by atoms with van der Waals surface area (Å²) in [5.74, 6) is 2.25. The number of benzene rings is 2. The number of ether oxygens (including phenoxy) is 3. The van der Waals surface area contributed by atoms with E-state index in [1.165, 1.54) is 6.33 Å². The Morgan fingerprint density at radius 1 is 0.966 bits per heavy atom. The van der Waals surface area contributed by atoms with Crippen LogP contribution < -0.4 is 19.6 Å². The van der Waals surface area contributed by atoms with E-state index in [0.29, 0.717) is 23.1 Å². The zero-order valence-corrected chi connectivity index (χ0v) is 16.6. The highest BCUT2D eigenvalue weighted by atomic mass is 16.5. The third-order valence-corrected chi connectivity index (χ3v) is 4.79. The van der Waals surface area contributed by atoms with Crippen molar-refractivity contribution < 1.29 is 14.2 Å². The molecule has 2 aromatic heterocycles. The van der Waals surface area contributed by atoms with Gasteiger partial charge < -0.3 is 18.8 Å². The van der Waals surface area contributed by atoms with Gasteiger partial charge in [0.2, 0.25) is 5.75 Å². The largest absolute Gasteiger partial charge is 0.493 e. The standard InChI is InChI=1S/C21H21N5O3/c1-26-15-8-6-5-7-14(15)17-18(26)21(23-12-22-17)25-24-11-13-9-10-16(27-2)20(29-4)19(13)28-3/h5-12H,1-4H3,(H,22,23,25). The lowest BCUT2D eigenvalue weighted by molar-refractivity contribution is 0.324. The van der Waals surface area contributed by atoms with E-state index in [2.05, 4.69) is 31.1 Å². The van der Waals surface area contributed by atoms with Crippen LogP contribution in [0.15, 0.2) is 47.8 Å². The molecule has 0 bridgehead atoms. The number of anilines is 1. The van der Waals surface area contributed by atoms with Crippen LogP contribution in [0.2, 0.25) is 0 Å². The molecule has 29 heavy (non-hydrogen) atoms. The average molecular weight is 391 g/mol. The van der Waals surface area contributed by atoms with Gasteiger partial charge in [-0.25, -0.2) is 9.97 Å². The molecule has 1 N–H and O–H groups in total. The van der Waals surface area contributed by atoms with Crippen LogP contribution in [-0.2, 0) is 7.05 Å². The second-order valence-electron chi connectivity index (χ2n) is 6.29. The van der Waals surface area contributed by atoms with Gasteiger partial charge in [-0.05, 0) is 18.2 Å². The summed E-state index contributed by atoms with van der Waals surface area (Å²) in [5.41, 5.74) is 6.60. The summed E-state index contributed by atoms with van der Waals surface area (Å²) in [6.45, 7) is 0. The Bertz CT molecular complexity index is 1220. The number of hydrogen-bond donors (Lipinski definition) is 1. The fraction of sp³-hybridized carbons (Fsp3) is 0.190. The molecular formula is C21H21N5O3. The SMILES string of the molecule is COc1ccc(C=NNc2ncnc3c4ccccc4n(C)c23)c(OC)c1OC. The summed E-state index contributed by atoms with van der Waals surface area (Å²) < 4.78 is 18.3. The zero-order valence-electron chi connectivity index (χ0n) is 16.6. The van der Waals surface area contributed by atoms with Gasteiger partial charge in [-0.1, -0.05) is 18.2 Å². The van der Waals surface area contributed by atoms with Gasteiger partial charge in [0.05, 0.1) is 33.1 Å². The van der Waals surface area contributed by atoms with Crippen molar-refractivity contribution in [2.75, 3.05) is 26.8 Å². The van der Waals surface area contributed by atoms with E-state index < -0.39 is 0 Å². The first kappa shape index (κ1) is 18.5. The van der Waals surface area contributed by atoms with Crippen molar-refractivity contribution in [3.8, 4) is 17.2 Å². The van der Waals surface area contributed by atoms with Crippen LogP contribution in [0.3, 0.4) is 0 Å². The van der Waals surface area contributed by atoms with Crippen molar-refractivity contribution in [2.45, 2.75) is 0 Å². The maximum atomic E-state index is 5.49. The van der Waals surface area contributed by atoms with Crippen molar-refractivity contribution in [1.29, 1.82) is 0 Å². The first-order chi connectivity index (χ1) is 14.2. The van der Waals surface area contributed by atoms with Crippen molar-refractivity contribution in [1.82, 2.24) is 14.5 Å². The van der Waals surface area contributed by atoms with Crippen LogP contribution in [0.5, 0.6) is 17.2 Å². The fourth-order valence-corrected chi connectivity index (χ4v) is 3.45. The Morgan fingerprint density at radius 3 is 2.52 bits per heavy atom. The third kappa shape index (κ3) is 3.08. The van der Waals surface area contributed by atoms with Crippen LogP contribution in [0.25, 0.3) is 21.9 Å². The predicted molar refractivity (Wildman–Crippen MR) is 113 cm³/mol. The number of fused-ring (bicyclic) bond motifs is 3. The van der Waals surface area contributed by atoms with Gasteiger partial charge in [0, 0.05) is 18.0 Å². The highest BCUT2D eigenvalue weighted by Crippen LogP contribution is 2.39. The maximum absolute atomic E-state index is 5.49. The molecule has 0 fully saturated rings. The van der Waals surface area contributed by atoms with Gasteiger partial charge in [0.25, 0.3) is 0 Å². The summed E-state index contributed by atoms with van der Waals surface area (Å²) in [6.07, 6.45) is 3.18. The molecule has 0 saturated heterocycles. The minimum Gasteiger partial charge on any atom is -0.493 e. The van der Waals surface area contributed by atoms with Gasteiger partial charge >= 0.3 is 0 Å². The molecule has 0 aliphatic rings. The Hall–Kier alpha value is -3.81. The van der Waals surface area contributed by atoms with Crippen LogP contribution in [0.4, 0.5) is 5.82 Å². The lowest BCUT2D eigenvalue weighted by Crippen LogP contribution is -2.01. The molecule has 0 aliphatic carbocycles. The van der Waals surface area contributed by atoms with Crippen LogP contribution in [0.1, 0.15) is 5.56 Å². The maximum Gasteiger partial charge on any atom is 0.203 e. The summed E-state index contributed by atoms with van der Waals surface area (Å²) >= 11 is 0. The summed E-state index contributed by atoms with van der Waals surface area (Å²) in [7, 11) is 6.71. The zero-order chi connectivity index (χ0) is 20.4. The molecule has 8 nitrogen and oxygen atoms in total. The minimum atomic E-state index is 0.511. The number of nitrogens with zero attached hydrogens (tertiary/aromatic N) is 4. The molecule has 148 valence electrons. The van der Waals surface area contributed by atoms with Crippen LogP contribution in [0, 0.1) is 0 Å². The number of methoxy groups -OCH3 is 3. The fourth-order valence-electron chi connectivity index (χ4n) is 3.45. The van der Waals surface area contributed by atoms with E-state index in [4.69, 9.17) is 14.2 Å². The Balaban J connectivity index is 1.72. The van der Waals surface area contributed by atoms with Gasteiger partial charge in [-0.15, -0.1) is 0 Å². The van der Waals surface area contributed by atoms with E-state index in [1.54, 1.807) is 33.6 Å². The first-order valence-corrected chi connectivity index (χ1v) is 8.95. The topological polar surface area (TPSA) is 82.8 Å². The van der Waals surface area contributed by atoms with Crippen molar-refractivity contribution >= 4 is 34.0 Å². The Kier molecular flexibility index (Phi) is 4.90. The quantitative estimate of drug-likeness (QED) is 0.399. The smallest absolute Gasteiger partial charge is 0.203 e. The molecule has 0 radical (unpaired) electrons. The van der Waals surface area contributed by atoms with E-state index in [0.717, 1.165) is 27.5 Å². The normalized spacial score (nSPS) is 11.3. The molecule has 0 unspecified atom stereocenters. The Labute approximate surface area is 167 Å². The summed E-state index contributed by atoms with van der Waals surface area (Å²) in [4.78, 5) is 8.82. The highest BCUT2D eigenvalue weighted by Gasteiger charge is 2.15. The second-order valence-corrected chi connectivity index (χ2v) is 6.29. The van der Waals surface area contributed by atoms with Gasteiger partial charge in [-0.2, -0.15) is 5.10 Å². The average Bonchev–Trinajstić information content (AvgIpc) is 3.06. The number of hydrogen-bond acceptors (Lipinski definition) is 7. The lowest BCUT2D eigenvalue weighted by Gasteiger charge is -2.13. The van der Waals surface area contributed by atoms with E-state index in [1.807, 2.05) is 31.3 Å². The number of hydrazone groups is 1. The molecule has 8 heteroatoms. The number of nitrogens with one attached hydrogen (secondary N) is 1. The van der Waals surface area contributed by atoms with Gasteiger partial charge in [-0.3, -0.25) is 5.43 Å². The number of rotatable bonds is 6. The van der Waals surface area contributed by atoms with Crippen molar-refractivity contribution in [2.24, 2.45) is 12.1 Å². The summed E-state index contributed by atoms with van der Waals surface area (Å²) in [6, 6.07) is 11.7. The summed E-state index contributed by atoms with van der Waals surface area (Å²) in [5, 5.41) is 5.43. The lowest BCUT2D eigenvalue weighted by atomic mass is 10.2. The highest BCUT2D eigenvalue weighted by molar-refractivity contribution is 6.08. The van der Waals surface area contributed by atoms with Crippen LogP contribution in [-0.4, -0.2) is 42.1 Å². The van der Waals surface area contributed by atoms with E-state index in [9.17, 15) is 0 Å². The molecule has 0 saturated carbocycles. The van der Waals surface area contributed by atoms with E-state index in [-0.39, 0.29) is 0 Å². The second kappa shape index (κ2) is 7.67. The number of aryl methyl sites for hydroxylation is 1. The Morgan fingerprint density at radius 2 is 1.76 bits per heavy atom.